The fourth-order valence-electron chi connectivity index (χ4n) is 2.70. The number of hydrogen-bond donors (Lipinski definition) is 1. The summed E-state index contributed by atoms with van der Waals surface area (Å²) in [6, 6.07) is 15.5. The number of quaternary nitrogens is 1. The van der Waals surface area contributed by atoms with Gasteiger partial charge in [0.05, 0.1) is 12.6 Å². The zero-order valence-corrected chi connectivity index (χ0v) is 13.7. The lowest BCUT2D eigenvalue weighted by Crippen LogP contribution is -3.07. The Morgan fingerprint density at radius 3 is 2.71 bits per heavy atom. The molecule has 0 saturated carbocycles. The maximum absolute atomic E-state index is 12.0. The molecule has 1 N–H and O–H groups in total. The molecular weight excluding hydrogens is 304 g/mol. The molecule has 24 heavy (non-hydrogen) atoms. The number of para-hydroxylation sites is 2. The van der Waals surface area contributed by atoms with Crippen molar-refractivity contribution < 1.29 is 14.1 Å². The van der Waals surface area contributed by atoms with Crippen molar-refractivity contribution in [2.24, 2.45) is 0 Å². The van der Waals surface area contributed by atoms with Crippen molar-refractivity contribution in [1.82, 2.24) is 4.57 Å². The first-order valence-electron chi connectivity index (χ1n) is 7.89. The van der Waals surface area contributed by atoms with Crippen LogP contribution in [-0.2, 0) is 13.2 Å². The van der Waals surface area contributed by atoms with Crippen molar-refractivity contribution in [2.45, 2.75) is 13.2 Å². The highest BCUT2D eigenvalue weighted by Gasteiger charge is 2.13. The average Bonchev–Trinajstić information content (AvgIpc) is 2.90. The third kappa shape index (κ3) is 3.58. The zero-order chi connectivity index (χ0) is 16.9. The summed E-state index contributed by atoms with van der Waals surface area (Å²) in [6.07, 6.45) is 1.72. The first-order chi connectivity index (χ1) is 11.7. The van der Waals surface area contributed by atoms with Gasteiger partial charge in [0.25, 0.3) is 0 Å². The summed E-state index contributed by atoms with van der Waals surface area (Å²) in [5.41, 5.74) is 2.63. The third-order valence-corrected chi connectivity index (χ3v) is 3.80. The van der Waals surface area contributed by atoms with E-state index in [1.165, 1.54) is 10.5 Å². The molecule has 1 aromatic heterocycles. The molecular formula is C19H21N2O3+. The fourth-order valence-corrected chi connectivity index (χ4v) is 2.70. The summed E-state index contributed by atoms with van der Waals surface area (Å²) in [7, 11) is 2.05. The highest BCUT2D eigenvalue weighted by Crippen LogP contribution is 2.12. The number of nitrogens with zero attached hydrogens (tertiary/aromatic N) is 1. The minimum Gasteiger partial charge on any atom is -0.490 e. The van der Waals surface area contributed by atoms with E-state index in [1.807, 2.05) is 48.5 Å². The Morgan fingerprint density at radius 1 is 1.21 bits per heavy atom. The molecule has 5 heteroatoms. The first-order valence-corrected chi connectivity index (χ1v) is 7.89. The fraction of sp³-hybridized carbons (Fsp3) is 0.211. The van der Waals surface area contributed by atoms with Crippen molar-refractivity contribution in [3.63, 3.8) is 0 Å². The maximum Gasteiger partial charge on any atom is 0.424 e. The molecule has 1 atom stereocenters. The lowest BCUT2D eigenvalue weighted by Gasteiger charge is -2.14. The average molecular weight is 325 g/mol. The van der Waals surface area contributed by atoms with E-state index in [2.05, 4.69) is 13.6 Å². The lowest BCUT2D eigenvalue weighted by atomic mass is 10.2. The highest BCUT2D eigenvalue weighted by molar-refractivity contribution is 5.72. The Morgan fingerprint density at radius 2 is 1.96 bits per heavy atom. The number of rotatable bonds is 7. The summed E-state index contributed by atoms with van der Waals surface area (Å²) < 4.78 is 12.4. The van der Waals surface area contributed by atoms with Crippen molar-refractivity contribution in [3.8, 4) is 5.75 Å². The number of fused-ring (bicyclic) bond motifs is 1. The first kappa shape index (κ1) is 16.1. The summed E-state index contributed by atoms with van der Waals surface area (Å²) in [6.45, 7) is 5.48. The maximum atomic E-state index is 12.0. The van der Waals surface area contributed by atoms with Crippen LogP contribution >= 0.6 is 0 Å². The standard InChI is InChI=1S/C19H20N2O3/c1-3-12-23-16-10-8-15(9-11-16)13-20(2)14-21-17-6-4-5-7-18(17)24-19(21)22/h3-11H,1,12-14H2,2H3/p+1. The summed E-state index contributed by atoms with van der Waals surface area (Å²) >= 11 is 0. The number of hydrogen-bond acceptors (Lipinski definition) is 3. The molecule has 3 rings (SSSR count). The molecule has 124 valence electrons. The molecule has 0 bridgehead atoms. The molecule has 1 heterocycles. The Labute approximate surface area is 140 Å². The molecule has 0 amide bonds. The van der Waals surface area contributed by atoms with Gasteiger partial charge in [0.1, 0.15) is 18.9 Å². The highest BCUT2D eigenvalue weighted by atomic mass is 16.5. The minimum atomic E-state index is -0.316. The summed E-state index contributed by atoms with van der Waals surface area (Å²) in [5.74, 6) is 0.511. The Bertz CT molecular complexity index is 878. The SMILES string of the molecule is C=CCOc1ccc(C[NH+](C)Cn2c(=O)oc3ccccc32)cc1. The Balaban J connectivity index is 1.68. The van der Waals surface area contributed by atoms with Crippen LogP contribution in [0.4, 0.5) is 0 Å². The van der Waals surface area contributed by atoms with Crippen LogP contribution in [0.5, 0.6) is 5.75 Å². The normalized spacial score (nSPS) is 12.2. The van der Waals surface area contributed by atoms with Gasteiger partial charge < -0.3 is 14.1 Å². The van der Waals surface area contributed by atoms with E-state index in [0.717, 1.165) is 17.8 Å². The number of nitrogens with one attached hydrogen (secondary N) is 1. The van der Waals surface area contributed by atoms with Crippen molar-refractivity contribution in [1.29, 1.82) is 0 Å². The van der Waals surface area contributed by atoms with E-state index in [9.17, 15) is 4.79 Å². The summed E-state index contributed by atoms with van der Waals surface area (Å²) in [4.78, 5) is 13.2. The van der Waals surface area contributed by atoms with E-state index in [0.29, 0.717) is 18.9 Å². The van der Waals surface area contributed by atoms with Crippen molar-refractivity contribution in [2.75, 3.05) is 13.7 Å². The van der Waals surface area contributed by atoms with Gasteiger partial charge in [-0.1, -0.05) is 24.8 Å². The second-order valence-corrected chi connectivity index (χ2v) is 5.80. The van der Waals surface area contributed by atoms with Gasteiger partial charge in [-0.25, -0.2) is 9.36 Å². The molecule has 0 aliphatic carbocycles. The molecule has 2 aromatic carbocycles. The largest absolute Gasteiger partial charge is 0.490 e. The predicted octanol–water partition coefficient (Wildman–Crippen LogP) is 1.83. The van der Waals surface area contributed by atoms with Crippen LogP contribution in [0.1, 0.15) is 5.56 Å². The van der Waals surface area contributed by atoms with Crippen molar-refractivity contribution >= 4 is 11.1 Å². The van der Waals surface area contributed by atoms with E-state index in [4.69, 9.17) is 9.15 Å². The van der Waals surface area contributed by atoms with Gasteiger partial charge in [0.15, 0.2) is 12.3 Å². The van der Waals surface area contributed by atoms with Crippen LogP contribution in [0.3, 0.4) is 0 Å². The van der Waals surface area contributed by atoms with Gasteiger partial charge in [0, 0.05) is 5.56 Å². The zero-order valence-electron chi connectivity index (χ0n) is 13.7. The van der Waals surface area contributed by atoms with Crippen LogP contribution in [0, 0.1) is 0 Å². The van der Waals surface area contributed by atoms with Gasteiger partial charge in [-0.05, 0) is 36.4 Å². The van der Waals surface area contributed by atoms with Crippen LogP contribution in [0.2, 0.25) is 0 Å². The van der Waals surface area contributed by atoms with E-state index in [1.54, 1.807) is 10.6 Å². The molecule has 0 saturated heterocycles. The second-order valence-electron chi connectivity index (χ2n) is 5.80. The molecule has 5 nitrogen and oxygen atoms in total. The molecule has 0 aliphatic rings. The number of aromatic nitrogens is 1. The Kier molecular flexibility index (Phi) is 4.82. The molecule has 0 spiro atoms. The van der Waals surface area contributed by atoms with Crippen LogP contribution in [-0.4, -0.2) is 18.2 Å². The second kappa shape index (κ2) is 7.19. The number of ether oxygens (including phenoxy) is 1. The van der Waals surface area contributed by atoms with Crippen LogP contribution < -0.4 is 15.4 Å². The van der Waals surface area contributed by atoms with Gasteiger partial charge in [0.2, 0.25) is 0 Å². The predicted molar refractivity (Wildman–Crippen MR) is 93.2 cm³/mol. The topological polar surface area (TPSA) is 48.8 Å². The third-order valence-electron chi connectivity index (χ3n) is 3.80. The smallest absolute Gasteiger partial charge is 0.424 e. The summed E-state index contributed by atoms with van der Waals surface area (Å²) in [5, 5.41) is 0. The van der Waals surface area contributed by atoms with E-state index >= 15 is 0 Å². The van der Waals surface area contributed by atoms with Gasteiger partial charge in [-0.2, -0.15) is 0 Å². The Hall–Kier alpha value is -2.79. The van der Waals surface area contributed by atoms with E-state index in [-0.39, 0.29) is 5.76 Å². The number of oxazole rings is 1. The number of benzene rings is 2. The molecule has 0 radical (unpaired) electrons. The molecule has 0 aliphatic heterocycles. The lowest BCUT2D eigenvalue weighted by molar-refractivity contribution is -0.916. The van der Waals surface area contributed by atoms with Gasteiger partial charge >= 0.3 is 5.76 Å². The molecule has 3 aromatic rings. The van der Waals surface area contributed by atoms with Crippen molar-refractivity contribution in [3.05, 3.63) is 77.3 Å². The molecule has 0 fully saturated rings. The van der Waals surface area contributed by atoms with Crippen LogP contribution in [0.15, 0.2) is 70.4 Å². The van der Waals surface area contributed by atoms with Gasteiger partial charge in [-0.3, -0.25) is 0 Å². The monoisotopic (exact) mass is 325 g/mol. The molecule has 1 unspecified atom stereocenters. The quantitative estimate of drug-likeness (QED) is 0.674. The van der Waals surface area contributed by atoms with E-state index < -0.39 is 0 Å². The minimum absolute atomic E-state index is 0.316. The van der Waals surface area contributed by atoms with Crippen LogP contribution in [0.25, 0.3) is 11.1 Å². The van der Waals surface area contributed by atoms with Gasteiger partial charge in [-0.15, -0.1) is 0 Å².